The molecule has 1 aromatic carbocycles. The number of carbonyl (C=O) groups is 1. The molecular formula is C20H28N4O2. The Morgan fingerprint density at radius 3 is 2.42 bits per heavy atom. The molecule has 1 saturated heterocycles. The second-order valence-electron chi connectivity index (χ2n) is 8.39. The van der Waals surface area contributed by atoms with Gasteiger partial charge in [-0.05, 0) is 46.1 Å². The van der Waals surface area contributed by atoms with E-state index in [1.54, 1.807) is 6.20 Å². The average Bonchev–Trinajstić information content (AvgIpc) is 3.04. The molecule has 140 valence electrons. The number of urea groups is 1. The average molecular weight is 356 g/mol. The van der Waals surface area contributed by atoms with Crippen LogP contribution in [0.3, 0.4) is 0 Å². The minimum atomic E-state index is -0.122. The molecule has 6 nitrogen and oxygen atoms in total. The second kappa shape index (κ2) is 7.11. The first-order valence-electron chi connectivity index (χ1n) is 9.04. The summed E-state index contributed by atoms with van der Waals surface area (Å²) in [6.07, 6.45) is 4.92. The molecule has 3 rings (SSSR count). The van der Waals surface area contributed by atoms with Gasteiger partial charge in [0.15, 0.2) is 12.2 Å². The Labute approximate surface area is 154 Å². The van der Waals surface area contributed by atoms with Gasteiger partial charge in [-0.1, -0.05) is 24.3 Å². The number of rotatable bonds is 4. The lowest BCUT2D eigenvalue weighted by Crippen LogP contribution is -2.62. The van der Waals surface area contributed by atoms with Crippen molar-refractivity contribution in [3.05, 3.63) is 42.4 Å². The molecule has 2 amide bonds. The van der Waals surface area contributed by atoms with Gasteiger partial charge < -0.3 is 20.4 Å². The van der Waals surface area contributed by atoms with Gasteiger partial charge in [-0.25, -0.2) is 9.78 Å². The maximum atomic E-state index is 12.3. The van der Waals surface area contributed by atoms with Gasteiger partial charge in [0.2, 0.25) is 0 Å². The fourth-order valence-electron chi connectivity index (χ4n) is 3.99. The molecule has 0 saturated carbocycles. The summed E-state index contributed by atoms with van der Waals surface area (Å²) in [5.74, 6) is 0.735. The van der Waals surface area contributed by atoms with Gasteiger partial charge >= 0.3 is 6.03 Å². The summed E-state index contributed by atoms with van der Waals surface area (Å²) < 4.78 is 5.28. The van der Waals surface area contributed by atoms with Gasteiger partial charge in [0.1, 0.15) is 0 Å². The number of nitrogens with zero attached hydrogens (tertiary/aromatic N) is 1. The van der Waals surface area contributed by atoms with E-state index in [0.717, 1.165) is 29.7 Å². The Morgan fingerprint density at radius 1 is 1.19 bits per heavy atom. The van der Waals surface area contributed by atoms with Crippen molar-refractivity contribution in [2.24, 2.45) is 0 Å². The van der Waals surface area contributed by atoms with Crippen molar-refractivity contribution in [2.45, 2.75) is 64.2 Å². The number of carbonyl (C=O) groups excluding carboxylic acids is 1. The maximum Gasteiger partial charge on any atom is 0.315 e. The highest BCUT2D eigenvalue weighted by Crippen LogP contribution is 2.28. The molecule has 0 unspecified atom stereocenters. The van der Waals surface area contributed by atoms with Crippen LogP contribution in [0.1, 0.15) is 46.1 Å². The third-order valence-electron chi connectivity index (χ3n) is 4.65. The van der Waals surface area contributed by atoms with Gasteiger partial charge in [-0.2, -0.15) is 0 Å². The molecule has 0 bridgehead atoms. The molecule has 1 aliphatic rings. The first-order valence-corrected chi connectivity index (χ1v) is 9.04. The lowest BCUT2D eigenvalue weighted by molar-refractivity contribution is 0.147. The summed E-state index contributed by atoms with van der Waals surface area (Å²) in [4.78, 5) is 16.2. The zero-order chi connectivity index (χ0) is 18.8. The molecule has 1 aromatic heterocycles. The van der Waals surface area contributed by atoms with Crippen LogP contribution in [0.2, 0.25) is 0 Å². The SMILES string of the molecule is CC1(C)CC(NC(=O)NCc2ccc(-c3cnco3)cc2)CC(C)(C)N1. The molecule has 26 heavy (non-hydrogen) atoms. The van der Waals surface area contributed by atoms with E-state index in [1.807, 2.05) is 24.3 Å². The third kappa shape index (κ3) is 4.85. The number of piperidine rings is 1. The van der Waals surface area contributed by atoms with Crippen LogP contribution in [0.4, 0.5) is 4.79 Å². The van der Waals surface area contributed by atoms with E-state index in [1.165, 1.54) is 6.39 Å². The highest BCUT2D eigenvalue weighted by molar-refractivity contribution is 5.74. The third-order valence-corrected chi connectivity index (χ3v) is 4.65. The Kier molecular flexibility index (Phi) is 5.05. The quantitative estimate of drug-likeness (QED) is 0.784. The van der Waals surface area contributed by atoms with E-state index in [2.05, 4.69) is 48.6 Å². The van der Waals surface area contributed by atoms with Gasteiger partial charge in [0.25, 0.3) is 0 Å². The highest BCUT2D eigenvalue weighted by atomic mass is 16.3. The first-order chi connectivity index (χ1) is 12.2. The molecule has 6 heteroatoms. The van der Waals surface area contributed by atoms with Crippen molar-refractivity contribution >= 4 is 6.03 Å². The van der Waals surface area contributed by atoms with Crippen LogP contribution < -0.4 is 16.0 Å². The molecule has 0 atom stereocenters. The monoisotopic (exact) mass is 356 g/mol. The number of oxazole rings is 1. The largest absolute Gasteiger partial charge is 0.444 e. The molecular weight excluding hydrogens is 328 g/mol. The van der Waals surface area contributed by atoms with Gasteiger partial charge in [-0.15, -0.1) is 0 Å². The standard InChI is InChI=1S/C20H28N4O2/c1-19(2)9-16(10-20(3,4)24-19)23-18(25)22-11-14-5-7-15(8-6-14)17-12-21-13-26-17/h5-8,12-13,16,24H,9-11H2,1-4H3,(H2,22,23,25). The van der Waals surface area contributed by atoms with Crippen molar-refractivity contribution in [3.63, 3.8) is 0 Å². The van der Waals surface area contributed by atoms with E-state index in [4.69, 9.17) is 4.42 Å². The van der Waals surface area contributed by atoms with Crippen molar-refractivity contribution < 1.29 is 9.21 Å². The highest BCUT2D eigenvalue weighted by Gasteiger charge is 2.38. The Balaban J connectivity index is 1.51. The summed E-state index contributed by atoms with van der Waals surface area (Å²) in [7, 11) is 0. The molecule has 0 spiro atoms. The van der Waals surface area contributed by atoms with Crippen molar-refractivity contribution in [1.29, 1.82) is 0 Å². The zero-order valence-electron chi connectivity index (χ0n) is 15.9. The van der Waals surface area contributed by atoms with E-state index in [0.29, 0.717) is 6.54 Å². The van der Waals surface area contributed by atoms with E-state index < -0.39 is 0 Å². The van der Waals surface area contributed by atoms with Crippen molar-refractivity contribution in [2.75, 3.05) is 0 Å². The van der Waals surface area contributed by atoms with Crippen LogP contribution in [-0.2, 0) is 6.54 Å². The van der Waals surface area contributed by atoms with Crippen LogP contribution in [0.15, 0.2) is 41.3 Å². The number of benzene rings is 1. The molecule has 2 aromatic rings. The van der Waals surface area contributed by atoms with Crippen LogP contribution in [0.25, 0.3) is 11.3 Å². The molecule has 2 heterocycles. The zero-order valence-corrected chi connectivity index (χ0v) is 15.9. The summed E-state index contributed by atoms with van der Waals surface area (Å²) in [6, 6.07) is 7.93. The van der Waals surface area contributed by atoms with Crippen LogP contribution in [-0.4, -0.2) is 28.1 Å². The number of hydrogen-bond acceptors (Lipinski definition) is 4. The Hall–Kier alpha value is -2.34. The van der Waals surface area contributed by atoms with Gasteiger partial charge in [0.05, 0.1) is 6.20 Å². The number of hydrogen-bond donors (Lipinski definition) is 3. The van der Waals surface area contributed by atoms with E-state index in [9.17, 15) is 4.79 Å². The molecule has 3 N–H and O–H groups in total. The predicted octanol–water partition coefficient (Wildman–Crippen LogP) is 3.45. The van der Waals surface area contributed by atoms with Crippen LogP contribution >= 0.6 is 0 Å². The molecule has 1 aliphatic heterocycles. The van der Waals surface area contributed by atoms with Gasteiger partial charge in [-0.3, -0.25) is 0 Å². The molecule has 0 aliphatic carbocycles. The summed E-state index contributed by atoms with van der Waals surface area (Å²) in [5, 5.41) is 9.70. The van der Waals surface area contributed by atoms with Crippen molar-refractivity contribution in [1.82, 2.24) is 20.9 Å². The topological polar surface area (TPSA) is 79.2 Å². The van der Waals surface area contributed by atoms with Crippen molar-refractivity contribution in [3.8, 4) is 11.3 Å². The fraction of sp³-hybridized carbons (Fsp3) is 0.500. The second-order valence-corrected chi connectivity index (χ2v) is 8.39. The number of nitrogens with one attached hydrogen (secondary N) is 3. The first kappa shape index (κ1) is 18.5. The van der Waals surface area contributed by atoms with E-state index >= 15 is 0 Å². The number of aromatic nitrogens is 1. The molecule has 0 radical (unpaired) electrons. The lowest BCUT2D eigenvalue weighted by atomic mass is 9.80. The predicted molar refractivity (Wildman–Crippen MR) is 102 cm³/mol. The normalized spacial score (nSPS) is 19.1. The fourth-order valence-corrected chi connectivity index (χ4v) is 3.99. The molecule has 1 fully saturated rings. The summed E-state index contributed by atoms with van der Waals surface area (Å²) >= 11 is 0. The van der Waals surface area contributed by atoms with E-state index in [-0.39, 0.29) is 23.2 Å². The maximum absolute atomic E-state index is 12.3. The van der Waals surface area contributed by atoms with Gasteiger partial charge in [0, 0.05) is 29.2 Å². The Morgan fingerprint density at radius 2 is 1.85 bits per heavy atom. The van der Waals surface area contributed by atoms with Crippen LogP contribution in [0.5, 0.6) is 0 Å². The van der Waals surface area contributed by atoms with Crippen LogP contribution in [0, 0.1) is 0 Å². The summed E-state index contributed by atoms with van der Waals surface area (Å²) in [5.41, 5.74) is 2.02. The Bertz CT molecular complexity index is 720. The summed E-state index contributed by atoms with van der Waals surface area (Å²) in [6.45, 7) is 9.20. The lowest BCUT2D eigenvalue weighted by Gasteiger charge is -2.46. The smallest absolute Gasteiger partial charge is 0.315 e. The minimum Gasteiger partial charge on any atom is -0.444 e. The number of amides is 2. The minimum absolute atomic E-state index is 0.0102.